The molecule has 1 heterocycles. The van der Waals surface area contributed by atoms with E-state index in [1.807, 2.05) is 43.3 Å². The van der Waals surface area contributed by atoms with Gasteiger partial charge in [-0.2, -0.15) is 0 Å². The van der Waals surface area contributed by atoms with Gasteiger partial charge in [0, 0.05) is 37.5 Å². The Labute approximate surface area is 172 Å². The number of carbonyl (C=O) groups is 2. The lowest BCUT2D eigenvalue weighted by Crippen LogP contribution is -2.21. The number of anilines is 2. The lowest BCUT2D eigenvalue weighted by molar-refractivity contribution is -0.121. The van der Waals surface area contributed by atoms with Crippen LogP contribution in [0.25, 0.3) is 0 Å². The molecule has 2 aromatic rings. The minimum atomic E-state index is -0.530. The number of nitrogens with one attached hydrogen (secondary N) is 1. The molecule has 0 unspecified atom stereocenters. The van der Waals surface area contributed by atoms with Gasteiger partial charge in [-0.3, -0.25) is 9.59 Å². The van der Waals surface area contributed by atoms with Gasteiger partial charge < -0.3 is 15.0 Å². The summed E-state index contributed by atoms with van der Waals surface area (Å²) in [4.78, 5) is 30.7. The summed E-state index contributed by atoms with van der Waals surface area (Å²) in [6.45, 7) is 0. The van der Waals surface area contributed by atoms with Crippen LogP contribution in [0.5, 0.6) is 5.75 Å². The van der Waals surface area contributed by atoms with E-state index in [-0.39, 0.29) is 18.2 Å². The van der Waals surface area contributed by atoms with Crippen LogP contribution in [0, 0.1) is 0 Å². The van der Waals surface area contributed by atoms with Crippen LogP contribution in [0.15, 0.2) is 47.5 Å². The molecule has 1 atom stereocenters. The standard InChI is InChI=1S/C20H20ClN3O3S/c1-24(2)14-7-4-12(5-8-14)20-23-19(26)17(28-20)11-18(25)22-13-6-9-16(27-3)15(21)10-13/h4-10,17H,11H2,1-3H3,(H,22,25)/t17-/m0/s1. The SMILES string of the molecule is COc1ccc(NC(=O)C[C@@H]2SC(c3ccc(N(C)C)cc3)=NC2=O)cc1Cl. The molecule has 146 valence electrons. The Morgan fingerprint density at radius 3 is 2.57 bits per heavy atom. The maximum atomic E-state index is 12.3. The number of rotatable bonds is 6. The third-order valence-corrected chi connectivity index (χ3v) is 5.68. The van der Waals surface area contributed by atoms with E-state index in [0.717, 1.165) is 11.3 Å². The second-order valence-corrected chi connectivity index (χ2v) is 8.00. The average Bonchev–Trinajstić information content (AvgIpc) is 3.02. The molecule has 2 aromatic carbocycles. The zero-order valence-electron chi connectivity index (χ0n) is 15.7. The van der Waals surface area contributed by atoms with Gasteiger partial charge in [-0.25, -0.2) is 4.99 Å². The summed E-state index contributed by atoms with van der Waals surface area (Å²) in [5.41, 5.74) is 2.48. The molecule has 1 aliphatic rings. The molecular formula is C20H20ClN3O3S. The number of nitrogens with zero attached hydrogens (tertiary/aromatic N) is 2. The number of hydrogen-bond donors (Lipinski definition) is 1. The van der Waals surface area contributed by atoms with Crippen LogP contribution in [0.4, 0.5) is 11.4 Å². The molecule has 2 amide bonds. The molecule has 6 nitrogen and oxygen atoms in total. The van der Waals surface area contributed by atoms with Crippen molar-refractivity contribution in [2.75, 3.05) is 31.4 Å². The van der Waals surface area contributed by atoms with Crippen molar-refractivity contribution in [1.29, 1.82) is 0 Å². The normalized spacial score (nSPS) is 15.9. The molecule has 0 aliphatic carbocycles. The van der Waals surface area contributed by atoms with Gasteiger partial charge in [0.2, 0.25) is 5.91 Å². The molecule has 0 fully saturated rings. The van der Waals surface area contributed by atoms with Crippen LogP contribution >= 0.6 is 23.4 Å². The third-order valence-electron chi connectivity index (χ3n) is 4.18. The Morgan fingerprint density at radius 1 is 1.25 bits per heavy atom. The van der Waals surface area contributed by atoms with E-state index in [1.54, 1.807) is 18.2 Å². The number of halogens is 1. The van der Waals surface area contributed by atoms with E-state index in [1.165, 1.54) is 18.9 Å². The van der Waals surface area contributed by atoms with E-state index in [0.29, 0.717) is 21.5 Å². The summed E-state index contributed by atoms with van der Waals surface area (Å²) in [6, 6.07) is 12.8. The maximum Gasteiger partial charge on any atom is 0.260 e. The number of ether oxygens (including phenoxy) is 1. The molecular weight excluding hydrogens is 398 g/mol. The number of methoxy groups -OCH3 is 1. The van der Waals surface area contributed by atoms with Gasteiger partial charge >= 0.3 is 0 Å². The predicted octanol–water partition coefficient (Wildman–Crippen LogP) is 3.83. The molecule has 0 saturated heterocycles. The van der Waals surface area contributed by atoms with Crippen LogP contribution in [0.3, 0.4) is 0 Å². The lowest BCUT2D eigenvalue weighted by atomic mass is 10.2. The zero-order valence-corrected chi connectivity index (χ0v) is 17.3. The summed E-state index contributed by atoms with van der Waals surface area (Å²) < 4.78 is 5.09. The highest BCUT2D eigenvalue weighted by molar-refractivity contribution is 8.16. The number of thioether (sulfide) groups is 1. The van der Waals surface area contributed by atoms with E-state index >= 15 is 0 Å². The van der Waals surface area contributed by atoms with E-state index < -0.39 is 5.25 Å². The number of aliphatic imine (C=N–C) groups is 1. The van der Waals surface area contributed by atoms with Crippen molar-refractivity contribution in [3.8, 4) is 5.75 Å². The first kappa shape index (κ1) is 20.2. The molecule has 0 saturated carbocycles. The Kier molecular flexibility index (Phi) is 6.26. The number of carbonyl (C=O) groups excluding carboxylic acids is 2. The van der Waals surface area contributed by atoms with Gasteiger partial charge in [-0.15, -0.1) is 0 Å². The van der Waals surface area contributed by atoms with Gasteiger partial charge in [0.15, 0.2) is 0 Å². The van der Waals surface area contributed by atoms with Gasteiger partial charge in [0.05, 0.1) is 12.1 Å². The first-order valence-corrected chi connectivity index (χ1v) is 9.83. The fraction of sp³-hybridized carbons (Fsp3) is 0.250. The fourth-order valence-corrected chi connectivity index (χ4v) is 4.00. The van der Waals surface area contributed by atoms with Crippen molar-refractivity contribution >= 4 is 51.6 Å². The second kappa shape index (κ2) is 8.67. The summed E-state index contributed by atoms with van der Waals surface area (Å²) in [5.74, 6) is -0.0365. The van der Waals surface area contributed by atoms with Crippen molar-refractivity contribution in [3.05, 3.63) is 53.1 Å². The van der Waals surface area contributed by atoms with E-state index in [4.69, 9.17) is 16.3 Å². The predicted molar refractivity (Wildman–Crippen MR) is 115 cm³/mol. The van der Waals surface area contributed by atoms with Crippen molar-refractivity contribution in [1.82, 2.24) is 0 Å². The number of hydrogen-bond acceptors (Lipinski definition) is 5. The Bertz CT molecular complexity index is 929. The van der Waals surface area contributed by atoms with Crippen molar-refractivity contribution in [2.24, 2.45) is 4.99 Å². The molecule has 0 spiro atoms. The van der Waals surface area contributed by atoms with Crippen molar-refractivity contribution in [3.63, 3.8) is 0 Å². The molecule has 0 radical (unpaired) electrons. The summed E-state index contributed by atoms with van der Waals surface area (Å²) in [7, 11) is 5.45. The smallest absolute Gasteiger partial charge is 0.260 e. The largest absolute Gasteiger partial charge is 0.495 e. The number of benzene rings is 2. The second-order valence-electron chi connectivity index (χ2n) is 6.40. The molecule has 0 aromatic heterocycles. The van der Waals surface area contributed by atoms with Gasteiger partial charge in [-0.05, 0) is 30.3 Å². The summed E-state index contributed by atoms with van der Waals surface area (Å²) in [5, 5.41) is 3.27. The monoisotopic (exact) mass is 417 g/mol. The fourth-order valence-electron chi connectivity index (χ4n) is 2.67. The molecule has 1 aliphatic heterocycles. The van der Waals surface area contributed by atoms with Crippen LogP contribution in [-0.4, -0.2) is 43.3 Å². The topological polar surface area (TPSA) is 71.0 Å². The van der Waals surface area contributed by atoms with Crippen molar-refractivity contribution < 1.29 is 14.3 Å². The molecule has 28 heavy (non-hydrogen) atoms. The van der Waals surface area contributed by atoms with Gasteiger partial charge in [0.25, 0.3) is 5.91 Å². The van der Waals surface area contributed by atoms with Gasteiger partial charge in [0.1, 0.15) is 16.0 Å². The highest BCUT2D eigenvalue weighted by Crippen LogP contribution is 2.31. The van der Waals surface area contributed by atoms with Crippen LogP contribution in [-0.2, 0) is 9.59 Å². The highest BCUT2D eigenvalue weighted by Gasteiger charge is 2.31. The minimum absolute atomic E-state index is 0.0376. The van der Waals surface area contributed by atoms with Gasteiger partial charge in [-0.1, -0.05) is 35.5 Å². The molecule has 0 bridgehead atoms. The molecule has 3 rings (SSSR count). The lowest BCUT2D eigenvalue weighted by Gasteiger charge is -2.12. The molecule has 8 heteroatoms. The Balaban J connectivity index is 1.60. The van der Waals surface area contributed by atoms with Crippen LogP contribution < -0.4 is 15.0 Å². The van der Waals surface area contributed by atoms with Crippen LogP contribution in [0.1, 0.15) is 12.0 Å². The molecule has 1 N–H and O–H groups in total. The first-order chi connectivity index (χ1) is 13.4. The Morgan fingerprint density at radius 2 is 1.96 bits per heavy atom. The van der Waals surface area contributed by atoms with Crippen molar-refractivity contribution in [2.45, 2.75) is 11.7 Å². The minimum Gasteiger partial charge on any atom is -0.495 e. The quantitative estimate of drug-likeness (QED) is 0.773. The summed E-state index contributed by atoms with van der Waals surface area (Å²) >= 11 is 7.38. The zero-order chi connectivity index (χ0) is 20.3. The average molecular weight is 418 g/mol. The van der Waals surface area contributed by atoms with Crippen LogP contribution in [0.2, 0.25) is 5.02 Å². The van der Waals surface area contributed by atoms with E-state index in [2.05, 4.69) is 10.3 Å². The highest BCUT2D eigenvalue weighted by atomic mass is 35.5. The first-order valence-electron chi connectivity index (χ1n) is 8.57. The summed E-state index contributed by atoms with van der Waals surface area (Å²) in [6.07, 6.45) is 0.0376. The Hall–Kier alpha value is -2.51. The maximum absolute atomic E-state index is 12.3. The number of amides is 2. The van der Waals surface area contributed by atoms with E-state index in [9.17, 15) is 9.59 Å². The third kappa shape index (κ3) is 4.66.